The number of rotatable bonds is 11. The van der Waals surface area contributed by atoms with E-state index in [2.05, 4.69) is 26.6 Å². The second-order valence-corrected chi connectivity index (χ2v) is 12.7. The van der Waals surface area contributed by atoms with Crippen LogP contribution in [0, 0.1) is 24.2 Å². The van der Waals surface area contributed by atoms with Gasteiger partial charge in [0.15, 0.2) is 0 Å². The number of amides is 2. The van der Waals surface area contributed by atoms with Crippen molar-refractivity contribution in [3.05, 3.63) is 95.6 Å². The Morgan fingerprint density at radius 2 is 1.87 bits per heavy atom. The lowest BCUT2D eigenvalue weighted by molar-refractivity contribution is -0.124. The first-order valence-electron chi connectivity index (χ1n) is 16.3. The van der Waals surface area contributed by atoms with E-state index >= 15 is 0 Å². The molecule has 9 nitrogen and oxygen atoms in total. The van der Waals surface area contributed by atoms with Crippen molar-refractivity contribution >= 4 is 11.8 Å². The van der Waals surface area contributed by atoms with Gasteiger partial charge in [0.1, 0.15) is 5.82 Å². The quantitative estimate of drug-likeness (QED) is 0.232. The number of nitrogens with zero attached hydrogens (tertiary/aromatic N) is 5. The van der Waals surface area contributed by atoms with E-state index in [0.29, 0.717) is 18.9 Å². The minimum Gasteiger partial charge on any atom is -0.353 e. The summed E-state index contributed by atoms with van der Waals surface area (Å²) in [7, 11) is 1.89. The highest BCUT2D eigenvalue weighted by molar-refractivity contribution is 5.83. The van der Waals surface area contributed by atoms with Crippen LogP contribution in [0.4, 0.5) is 0 Å². The summed E-state index contributed by atoms with van der Waals surface area (Å²) in [5.41, 5.74) is 5.46. The van der Waals surface area contributed by atoms with Crippen molar-refractivity contribution in [1.82, 2.24) is 35.4 Å². The van der Waals surface area contributed by atoms with Crippen molar-refractivity contribution in [2.45, 2.75) is 76.3 Å². The van der Waals surface area contributed by atoms with Crippen molar-refractivity contribution in [3.63, 3.8) is 0 Å². The van der Waals surface area contributed by atoms with Gasteiger partial charge in [0.05, 0.1) is 29.1 Å². The Hall–Kier alpha value is -4.84. The molecule has 2 atom stereocenters. The number of hydrogen-bond acceptors (Lipinski definition) is 6. The lowest BCUT2D eigenvalue weighted by Gasteiger charge is -2.33. The molecule has 236 valence electrons. The van der Waals surface area contributed by atoms with Crippen molar-refractivity contribution < 1.29 is 9.59 Å². The van der Waals surface area contributed by atoms with Crippen LogP contribution in [0.15, 0.2) is 67.3 Å². The highest BCUT2D eigenvalue weighted by Crippen LogP contribution is 2.39. The summed E-state index contributed by atoms with van der Waals surface area (Å²) in [5.74, 6) is 3.97. The van der Waals surface area contributed by atoms with Crippen LogP contribution in [0.1, 0.15) is 79.2 Å². The number of aryl methyl sites for hydroxylation is 2. The Bertz CT molecular complexity index is 1680. The minimum absolute atomic E-state index is 0.0187. The fourth-order valence-corrected chi connectivity index (χ4v) is 6.87. The van der Waals surface area contributed by atoms with Gasteiger partial charge in [-0.15, -0.1) is 6.42 Å². The van der Waals surface area contributed by atoms with Gasteiger partial charge in [-0.2, -0.15) is 5.10 Å². The molecular formula is C37H41N7O2. The van der Waals surface area contributed by atoms with Crippen LogP contribution in [0.2, 0.25) is 0 Å². The van der Waals surface area contributed by atoms with Crippen LogP contribution < -0.4 is 10.6 Å². The molecule has 0 spiro atoms. The number of carbonyl (C=O) groups is 2. The molecule has 3 aromatic heterocycles. The van der Waals surface area contributed by atoms with Crippen LogP contribution in [0.5, 0.6) is 0 Å². The third-order valence-electron chi connectivity index (χ3n) is 9.46. The second kappa shape index (κ2) is 14.5. The number of carbonyl (C=O) groups excluding carboxylic acids is 2. The molecule has 2 aliphatic rings. The lowest BCUT2D eigenvalue weighted by Crippen LogP contribution is -2.35. The summed E-state index contributed by atoms with van der Waals surface area (Å²) < 4.78 is 1.77. The number of hydrogen-bond donors (Lipinski definition) is 2. The van der Waals surface area contributed by atoms with Gasteiger partial charge in [-0.3, -0.25) is 19.3 Å². The molecule has 1 aliphatic carbocycles. The molecule has 1 saturated carbocycles. The monoisotopic (exact) mass is 615 g/mol. The van der Waals surface area contributed by atoms with E-state index in [1.165, 1.54) is 0 Å². The van der Waals surface area contributed by atoms with Crippen LogP contribution in [-0.2, 0) is 36.0 Å². The zero-order valence-electron chi connectivity index (χ0n) is 26.4. The second-order valence-electron chi connectivity index (χ2n) is 12.7. The number of aromatic nitrogens is 5. The van der Waals surface area contributed by atoms with Gasteiger partial charge in [-0.1, -0.05) is 42.3 Å². The molecule has 0 bridgehead atoms. The van der Waals surface area contributed by atoms with E-state index in [4.69, 9.17) is 16.4 Å². The SMILES string of the molecule is C#Cc1cnc(CC2CCC(C(C(=O)NCc3ccccc3)c3ccc(-c4cnn(C)c4)cn3)CC2)nc1CCC1CCC(=O)N1. The Labute approximate surface area is 270 Å². The van der Waals surface area contributed by atoms with Crippen molar-refractivity contribution in [2.24, 2.45) is 18.9 Å². The minimum atomic E-state index is -0.332. The lowest BCUT2D eigenvalue weighted by atomic mass is 9.73. The van der Waals surface area contributed by atoms with E-state index in [0.717, 1.165) is 90.8 Å². The molecule has 2 fully saturated rings. The summed E-state index contributed by atoms with van der Waals surface area (Å²) in [6.45, 7) is 0.486. The predicted octanol–water partition coefficient (Wildman–Crippen LogP) is 4.91. The summed E-state index contributed by atoms with van der Waals surface area (Å²) >= 11 is 0. The van der Waals surface area contributed by atoms with E-state index in [-0.39, 0.29) is 29.7 Å². The Balaban J connectivity index is 1.12. The summed E-state index contributed by atoms with van der Waals surface area (Å²) in [6.07, 6.45) is 20.8. The van der Waals surface area contributed by atoms with Crippen LogP contribution in [0.25, 0.3) is 11.1 Å². The van der Waals surface area contributed by atoms with Crippen LogP contribution in [0.3, 0.4) is 0 Å². The molecule has 0 radical (unpaired) electrons. The molecule has 2 unspecified atom stereocenters. The molecule has 6 rings (SSSR count). The Kier molecular flexibility index (Phi) is 9.82. The maximum atomic E-state index is 13.8. The molecule has 2 amide bonds. The molecule has 1 aliphatic heterocycles. The molecular weight excluding hydrogens is 574 g/mol. The van der Waals surface area contributed by atoms with Crippen LogP contribution in [-0.4, -0.2) is 42.6 Å². The van der Waals surface area contributed by atoms with E-state index in [1.54, 1.807) is 10.9 Å². The summed E-state index contributed by atoms with van der Waals surface area (Å²) in [5, 5.41) is 10.5. The van der Waals surface area contributed by atoms with Gasteiger partial charge in [-0.05, 0) is 68.4 Å². The largest absolute Gasteiger partial charge is 0.353 e. The standard InChI is InChI=1S/C37H41N7O2/c1-3-27-21-39-34(43-32(27)17-14-31-15-18-35(45)42-31)19-25-9-11-28(12-10-25)36(37(46)40-20-26-7-5-4-6-8-26)33-16-13-29(22-38-33)30-23-41-44(2)24-30/h1,4-8,13,16,21-25,28,31,36H,9-12,14-15,17-20H2,2H3,(H,40,46)(H,42,45). The van der Waals surface area contributed by atoms with Gasteiger partial charge in [-0.25, -0.2) is 9.97 Å². The predicted molar refractivity (Wildman–Crippen MR) is 176 cm³/mol. The average molecular weight is 616 g/mol. The van der Waals surface area contributed by atoms with Crippen molar-refractivity contribution in [1.29, 1.82) is 0 Å². The fraction of sp³-hybridized carbons (Fsp3) is 0.405. The first kappa shape index (κ1) is 31.2. The molecule has 4 aromatic rings. The first-order valence-corrected chi connectivity index (χ1v) is 16.3. The van der Waals surface area contributed by atoms with Gasteiger partial charge >= 0.3 is 0 Å². The summed E-state index contributed by atoms with van der Waals surface area (Å²) in [4.78, 5) is 39.7. The number of nitrogens with one attached hydrogen (secondary N) is 2. The topological polar surface area (TPSA) is 115 Å². The molecule has 4 heterocycles. The third-order valence-corrected chi connectivity index (χ3v) is 9.46. The number of pyridine rings is 1. The van der Waals surface area contributed by atoms with E-state index in [9.17, 15) is 9.59 Å². The van der Waals surface area contributed by atoms with Gasteiger partial charge in [0, 0.05) is 62.2 Å². The number of terminal acetylenes is 1. The summed E-state index contributed by atoms with van der Waals surface area (Å²) in [6, 6.07) is 14.2. The van der Waals surface area contributed by atoms with E-state index in [1.807, 2.05) is 68.1 Å². The van der Waals surface area contributed by atoms with Gasteiger partial charge < -0.3 is 10.6 Å². The molecule has 1 aromatic carbocycles. The number of benzene rings is 1. The zero-order valence-corrected chi connectivity index (χ0v) is 26.4. The average Bonchev–Trinajstić information content (AvgIpc) is 3.72. The Morgan fingerprint density at radius 1 is 1.04 bits per heavy atom. The molecule has 9 heteroatoms. The molecule has 2 N–H and O–H groups in total. The fourth-order valence-electron chi connectivity index (χ4n) is 6.87. The zero-order chi connectivity index (χ0) is 31.9. The van der Waals surface area contributed by atoms with Crippen LogP contribution >= 0.6 is 0 Å². The maximum Gasteiger partial charge on any atom is 0.229 e. The third kappa shape index (κ3) is 7.68. The normalized spacial score (nSPS) is 20.1. The van der Waals surface area contributed by atoms with Gasteiger partial charge in [0.2, 0.25) is 11.8 Å². The van der Waals surface area contributed by atoms with Crippen molar-refractivity contribution in [3.8, 4) is 23.5 Å². The maximum absolute atomic E-state index is 13.8. The van der Waals surface area contributed by atoms with Crippen molar-refractivity contribution in [2.75, 3.05) is 0 Å². The highest BCUT2D eigenvalue weighted by Gasteiger charge is 2.34. The molecule has 1 saturated heterocycles. The van der Waals surface area contributed by atoms with Gasteiger partial charge in [0.25, 0.3) is 0 Å². The van der Waals surface area contributed by atoms with E-state index < -0.39 is 0 Å². The highest BCUT2D eigenvalue weighted by atomic mass is 16.2. The smallest absolute Gasteiger partial charge is 0.229 e. The molecule has 46 heavy (non-hydrogen) atoms. The first-order chi connectivity index (χ1) is 22.4. The Morgan fingerprint density at radius 3 is 2.54 bits per heavy atom.